The van der Waals surface area contributed by atoms with Gasteiger partial charge in [-0.15, -0.1) is 0 Å². The van der Waals surface area contributed by atoms with Crippen LogP contribution in [0.25, 0.3) is 22.4 Å². The van der Waals surface area contributed by atoms with E-state index in [4.69, 9.17) is 4.74 Å². The summed E-state index contributed by atoms with van der Waals surface area (Å²) in [7, 11) is 0. The Morgan fingerprint density at radius 3 is 2.56 bits per heavy atom. The van der Waals surface area contributed by atoms with Crippen molar-refractivity contribution >= 4 is 11.2 Å². The van der Waals surface area contributed by atoms with Crippen molar-refractivity contribution in [1.82, 2.24) is 19.5 Å². The van der Waals surface area contributed by atoms with Gasteiger partial charge < -0.3 is 20.1 Å². The first-order valence-electron chi connectivity index (χ1n) is 8.20. The molecule has 3 aromatic rings. The van der Waals surface area contributed by atoms with Gasteiger partial charge in [0.25, 0.3) is 5.56 Å². The predicted molar refractivity (Wildman–Crippen MR) is 92.9 cm³/mol. The molecular formula is C17H16N4O6. The van der Waals surface area contributed by atoms with Crippen molar-refractivity contribution in [2.45, 2.75) is 24.5 Å². The third-order valence-corrected chi connectivity index (χ3v) is 4.48. The van der Waals surface area contributed by atoms with Crippen LogP contribution in [0.3, 0.4) is 0 Å². The lowest BCUT2D eigenvalue weighted by molar-refractivity contribution is -0.0530. The molecule has 10 nitrogen and oxygen atoms in total. The van der Waals surface area contributed by atoms with Crippen LogP contribution in [-0.2, 0) is 4.74 Å². The van der Waals surface area contributed by atoms with Gasteiger partial charge in [-0.3, -0.25) is 9.78 Å². The summed E-state index contributed by atoms with van der Waals surface area (Å²) in [5, 5.41) is 29.5. The van der Waals surface area contributed by atoms with E-state index in [2.05, 4.69) is 15.0 Å². The van der Waals surface area contributed by atoms with Crippen molar-refractivity contribution in [2.24, 2.45) is 0 Å². The second-order valence-corrected chi connectivity index (χ2v) is 6.15. The third kappa shape index (κ3) is 2.84. The van der Waals surface area contributed by atoms with E-state index in [9.17, 15) is 24.9 Å². The number of fused-ring (bicyclic) bond motifs is 1. The topological polar surface area (TPSA) is 151 Å². The van der Waals surface area contributed by atoms with Crippen molar-refractivity contribution < 1.29 is 20.1 Å². The molecule has 0 bridgehead atoms. The summed E-state index contributed by atoms with van der Waals surface area (Å²) in [4.78, 5) is 35.1. The number of nitrogens with zero attached hydrogens (tertiary/aromatic N) is 3. The summed E-state index contributed by atoms with van der Waals surface area (Å²) in [6.45, 7) is -0.550. The molecule has 0 saturated carbocycles. The number of rotatable bonds is 3. The van der Waals surface area contributed by atoms with Crippen molar-refractivity contribution in [3.05, 3.63) is 57.4 Å². The zero-order valence-corrected chi connectivity index (χ0v) is 13.9. The fourth-order valence-electron chi connectivity index (χ4n) is 3.10. The number of aromatic amines is 1. The van der Waals surface area contributed by atoms with E-state index >= 15 is 0 Å². The van der Waals surface area contributed by atoms with Crippen LogP contribution in [0.1, 0.15) is 6.23 Å². The number of hydrogen-bond acceptors (Lipinski definition) is 8. The number of nitrogens with one attached hydrogen (secondary N) is 1. The van der Waals surface area contributed by atoms with Crippen LogP contribution >= 0.6 is 0 Å². The molecule has 10 heteroatoms. The van der Waals surface area contributed by atoms with E-state index in [0.29, 0.717) is 11.3 Å². The first-order valence-corrected chi connectivity index (χ1v) is 8.20. The van der Waals surface area contributed by atoms with Crippen LogP contribution in [-0.4, -0.2) is 59.8 Å². The van der Waals surface area contributed by atoms with Gasteiger partial charge in [0, 0.05) is 5.56 Å². The Balaban J connectivity index is 1.95. The number of aromatic nitrogens is 4. The lowest BCUT2D eigenvalue weighted by Crippen LogP contribution is -2.39. The Morgan fingerprint density at radius 1 is 1.15 bits per heavy atom. The van der Waals surface area contributed by atoms with Gasteiger partial charge in [-0.05, 0) is 0 Å². The molecule has 1 saturated heterocycles. The van der Waals surface area contributed by atoms with Gasteiger partial charge in [-0.25, -0.2) is 19.3 Å². The Kier molecular flexibility index (Phi) is 4.32. The average Bonchev–Trinajstić information content (AvgIpc) is 2.96. The summed E-state index contributed by atoms with van der Waals surface area (Å²) >= 11 is 0. The van der Waals surface area contributed by atoms with Gasteiger partial charge in [0.1, 0.15) is 18.3 Å². The molecule has 0 amide bonds. The first-order chi connectivity index (χ1) is 13.0. The maximum Gasteiger partial charge on any atom is 0.332 e. The van der Waals surface area contributed by atoms with Gasteiger partial charge in [0.2, 0.25) is 0 Å². The second kappa shape index (κ2) is 6.67. The molecule has 4 rings (SSSR count). The Morgan fingerprint density at radius 2 is 1.89 bits per heavy atom. The Labute approximate surface area is 151 Å². The van der Waals surface area contributed by atoms with Crippen molar-refractivity contribution in [1.29, 1.82) is 0 Å². The molecule has 3 heterocycles. The summed E-state index contributed by atoms with van der Waals surface area (Å²) in [6.07, 6.45) is -3.93. The maximum absolute atomic E-state index is 12.4. The molecular weight excluding hydrogens is 356 g/mol. The molecule has 0 spiro atoms. The van der Waals surface area contributed by atoms with Crippen molar-refractivity contribution in [3.8, 4) is 11.3 Å². The lowest BCUT2D eigenvalue weighted by Gasteiger charge is -2.18. The van der Waals surface area contributed by atoms with Gasteiger partial charge in [0.15, 0.2) is 17.4 Å². The van der Waals surface area contributed by atoms with Crippen molar-refractivity contribution in [2.75, 3.05) is 6.61 Å². The first kappa shape index (κ1) is 17.5. The number of benzene rings is 1. The average molecular weight is 372 g/mol. The zero-order valence-electron chi connectivity index (χ0n) is 13.9. The monoisotopic (exact) mass is 372 g/mol. The van der Waals surface area contributed by atoms with Gasteiger partial charge >= 0.3 is 5.69 Å². The van der Waals surface area contributed by atoms with E-state index in [1.807, 2.05) is 6.07 Å². The smallest absolute Gasteiger partial charge is 0.332 e. The number of aliphatic hydroxyl groups excluding tert-OH is 3. The van der Waals surface area contributed by atoms with Crippen LogP contribution in [0, 0.1) is 0 Å². The van der Waals surface area contributed by atoms with Gasteiger partial charge in [0.05, 0.1) is 18.5 Å². The molecule has 1 aromatic carbocycles. The zero-order chi connectivity index (χ0) is 19.1. The number of aliphatic hydroxyl groups is 3. The normalized spacial score (nSPS) is 25.1. The second-order valence-electron chi connectivity index (χ2n) is 6.15. The fourth-order valence-corrected chi connectivity index (χ4v) is 3.10. The van der Waals surface area contributed by atoms with E-state index in [-0.39, 0.29) is 11.2 Å². The molecule has 1 fully saturated rings. The highest BCUT2D eigenvalue weighted by atomic mass is 16.6. The minimum Gasteiger partial charge on any atom is -0.394 e. The highest BCUT2D eigenvalue weighted by Crippen LogP contribution is 2.29. The maximum atomic E-state index is 12.4. The largest absolute Gasteiger partial charge is 0.394 e. The minimum absolute atomic E-state index is 0.0973. The Bertz CT molecular complexity index is 1100. The summed E-state index contributed by atoms with van der Waals surface area (Å²) in [5.74, 6) is 0. The van der Waals surface area contributed by atoms with Crippen LogP contribution in [0.4, 0.5) is 0 Å². The van der Waals surface area contributed by atoms with E-state index < -0.39 is 42.4 Å². The molecule has 0 aliphatic carbocycles. The fraction of sp³-hybridized carbons (Fsp3) is 0.294. The van der Waals surface area contributed by atoms with Crippen LogP contribution < -0.4 is 11.2 Å². The number of ether oxygens (including phenoxy) is 1. The van der Waals surface area contributed by atoms with Gasteiger partial charge in [-0.1, -0.05) is 30.3 Å². The standard InChI is InChI=1S/C17H16N4O6/c22-7-10-12(23)13(24)16(27-10)21-14-11(15(25)20-17(21)26)18-6-9(19-14)8-4-2-1-3-5-8/h1-6,10,12-13,16,22-24H,7H2,(H,20,25,26)/t10-,12-,13-,16-/m1/s1. The molecule has 0 unspecified atom stereocenters. The molecule has 0 radical (unpaired) electrons. The summed E-state index contributed by atoms with van der Waals surface area (Å²) < 4.78 is 6.35. The van der Waals surface area contributed by atoms with Crippen LogP contribution in [0.15, 0.2) is 46.1 Å². The van der Waals surface area contributed by atoms with Crippen LogP contribution in [0.2, 0.25) is 0 Å². The molecule has 4 N–H and O–H groups in total. The Hall–Kier alpha value is -2.92. The summed E-state index contributed by atoms with van der Waals surface area (Å²) in [5.41, 5.74) is -0.695. The van der Waals surface area contributed by atoms with Crippen molar-refractivity contribution in [3.63, 3.8) is 0 Å². The minimum atomic E-state index is -1.50. The van der Waals surface area contributed by atoms with Gasteiger partial charge in [-0.2, -0.15) is 0 Å². The third-order valence-electron chi connectivity index (χ3n) is 4.48. The lowest BCUT2D eigenvalue weighted by atomic mass is 10.1. The highest BCUT2D eigenvalue weighted by Gasteiger charge is 2.44. The molecule has 2 aromatic heterocycles. The molecule has 1 aliphatic heterocycles. The number of H-pyrrole nitrogens is 1. The van der Waals surface area contributed by atoms with Crippen LogP contribution in [0.5, 0.6) is 0 Å². The quantitative estimate of drug-likeness (QED) is 0.446. The SMILES string of the molecule is O=c1[nH]c(=O)n([C@@H]2O[C@H](CO)[C@@H](O)[C@H]2O)c2nc(-c3ccccc3)cnc12. The van der Waals surface area contributed by atoms with E-state index in [1.54, 1.807) is 24.3 Å². The molecule has 4 atom stereocenters. The van der Waals surface area contributed by atoms with E-state index in [1.165, 1.54) is 6.20 Å². The highest BCUT2D eigenvalue weighted by molar-refractivity contribution is 5.73. The molecule has 140 valence electrons. The molecule has 1 aliphatic rings. The molecule has 27 heavy (non-hydrogen) atoms. The van der Waals surface area contributed by atoms with E-state index in [0.717, 1.165) is 4.57 Å². The number of hydrogen-bond donors (Lipinski definition) is 4. The summed E-state index contributed by atoms with van der Waals surface area (Å²) in [6, 6.07) is 9.02. The predicted octanol–water partition coefficient (Wildman–Crippen LogP) is -1.24.